The number of carbonyl (C=O) groups is 2. The molecule has 1 aliphatic heterocycles. The Kier molecular flexibility index (Phi) is 5.73. The number of nitrogens with one attached hydrogen (secondary N) is 1. The zero-order valence-corrected chi connectivity index (χ0v) is 15.3. The molecular formula is C20H25N3O3. The largest absolute Gasteiger partial charge is 0.472 e. The van der Waals surface area contributed by atoms with E-state index in [-0.39, 0.29) is 11.8 Å². The maximum Gasteiger partial charge on any atom is 0.257 e. The van der Waals surface area contributed by atoms with Gasteiger partial charge >= 0.3 is 0 Å². The van der Waals surface area contributed by atoms with Crippen LogP contribution in [0.15, 0.2) is 41.2 Å². The minimum atomic E-state index is -0.0201. The molecule has 0 saturated carbocycles. The summed E-state index contributed by atoms with van der Waals surface area (Å²) in [5.74, 6) is -0.0336. The molecule has 1 aliphatic rings. The van der Waals surface area contributed by atoms with Crippen molar-refractivity contribution in [3.05, 3.63) is 53.5 Å². The van der Waals surface area contributed by atoms with Crippen LogP contribution < -0.4 is 5.32 Å². The van der Waals surface area contributed by atoms with Crippen LogP contribution in [0, 0.1) is 13.8 Å². The van der Waals surface area contributed by atoms with Crippen molar-refractivity contribution in [1.82, 2.24) is 9.80 Å². The van der Waals surface area contributed by atoms with Gasteiger partial charge in [-0.15, -0.1) is 0 Å². The van der Waals surface area contributed by atoms with Gasteiger partial charge < -0.3 is 14.6 Å². The van der Waals surface area contributed by atoms with Crippen molar-refractivity contribution < 1.29 is 14.0 Å². The third-order valence-electron chi connectivity index (χ3n) is 4.89. The van der Waals surface area contributed by atoms with Crippen molar-refractivity contribution in [1.29, 1.82) is 0 Å². The predicted octanol–water partition coefficient (Wildman–Crippen LogP) is 2.68. The number of carbonyl (C=O) groups excluding carboxylic acids is 2. The lowest BCUT2D eigenvalue weighted by Gasteiger charge is -2.21. The number of amides is 2. The maximum atomic E-state index is 12.4. The molecule has 0 unspecified atom stereocenters. The van der Waals surface area contributed by atoms with Gasteiger partial charge in [-0.2, -0.15) is 0 Å². The van der Waals surface area contributed by atoms with Crippen LogP contribution in [0.25, 0.3) is 0 Å². The highest BCUT2D eigenvalue weighted by molar-refractivity contribution is 5.94. The molecule has 0 spiro atoms. The first-order valence-electron chi connectivity index (χ1n) is 8.94. The molecule has 1 saturated heterocycles. The fourth-order valence-corrected chi connectivity index (χ4v) is 3.18. The average Bonchev–Trinajstić information content (AvgIpc) is 3.06. The fourth-order valence-electron chi connectivity index (χ4n) is 3.18. The summed E-state index contributed by atoms with van der Waals surface area (Å²) in [6.07, 6.45) is 3.83. The first-order chi connectivity index (χ1) is 12.5. The molecule has 0 bridgehead atoms. The van der Waals surface area contributed by atoms with E-state index in [1.165, 1.54) is 12.5 Å². The number of rotatable bonds is 4. The van der Waals surface area contributed by atoms with Crippen LogP contribution in [0.4, 0.5) is 5.69 Å². The van der Waals surface area contributed by atoms with Crippen LogP contribution in [0.3, 0.4) is 0 Å². The maximum absolute atomic E-state index is 12.4. The number of furan rings is 1. The SMILES string of the molecule is Cc1cccc(NC(=O)CN2CCCN(C(=O)c3ccoc3)CC2)c1C. The molecule has 1 aromatic carbocycles. The molecule has 0 radical (unpaired) electrons. The van der Waals surface area contributed by atoms with Crippen LogP contribution in [-0.4, -0.2) is 54.3 Å². The molecule has 3 rings (SSSR count). The first kappa shape index (κ1) is 18.2. The lowest BCUT2D eigenvalue weighted by atomic mass is 10.1. The van der Waals surface area contributed by atoms with Gasteiger partial charge in [-0.05, 0) is 43.5 Å². The smallest absolute Gasteiger partial charge is 0.257 e. The lowest BCUT2D eigenvalue weighted by Crippen LogP contribution is -2.38. The lowest BCUT2D eigenvalue weighted by molar-refractivity contribution is -0.117. The van der Waals surface area contributed by atoms with E-state index in [1.54, 1.807) is 6.07 Å². The number of anilines is 1. The van der Waals surface area contributed by atoms with E-state index in [2.05, 4.69) is 10.2 Å². The Balaban J connectivity index is 1.53. The third kappa shape index (κ3) is 4.32. The molecule has 1 fully saturated rings. The summed E-state index contributed by atoms with van der Waals surface area (Å²) < 4.78 is 5.00. The molecule has 2 amide bonds. The minimum absolute atomic E-state index is 0.0135. The van der Waals surface area contributed by atoms with Gasteiger partial charge in [0.25, 0.3) is 5.91 Å². The number of benzene rings is 1. The Morgan fingerprint density at radius 2 is 1.96 bits per heavy atom. The normalized spacial score (nSPS) is 15.5. The van der Waals surface area contributed by atoms with E-state index in [0.29, 0.717) is 31.7 Å². The number of nitrogens with zero attached hydrogens (tertiary/aromatic N) is 2. The quantitative estimate of drug-likeness (QED) is 0.916. The highest BCUT2D eigenvalue weighted by Crippen LogP contribution is 2.18. The Morgan fingerprint density at radius 1 is 1.12 bits per heavy atom. The number of aryl methyl sites for hydroxylation is 1. The van der Waals surface area contributed by atoms with E-state index in [1.807, 2.05) is 36.9 Å². The molecule has 26 heavy (non-hydrogen) atoms. The Morgan fingerprint density at radius 3 is 2.73 bits per heavy atom. The predicted molar refractivity (Wildman–Crippen MR) is 100 cm³/mol. The van der Waals surface area contributed by atoms with Gasteiger partial charge in [0.1, 0.15) is 6.26 Å². The molecule has 6 nitrogen and oxygen atoms in total. The summed E-state index contributed by atoms with van der Waals surface area (Å²) in [6, 6.07) is 7.59. The molecule has 2 aromatic rings. The van der Waals surface area contributed by atoms with Crippen molar-refractivity contribution in [3.63, 3.8) is 0 Å². The summed E-state index contributed by atoms with van der Waals surface area (Å²) in [6.45, 7) is 7.17. The molecule has 0 atom stereocenters. The van der Waals surface area contributed by atoms with Gasteiger partial charge in [0.15, 0.2) is 0 Å². The summed E-state index contributed by atoms with van der Waals surface area (Å²) in [5.41, 5.74) is 3.69. The van der Waals surface area contributed by atoms with E-state index in [0.717, 1.165) is 29.8 Å². The van der Waals surface area contributed by atoms with E-state index < -0.39 is 0 Å². The second kappa shape index (κ2) is 8.19. The summed E-state index contributed by atoms with van der Waals surface area (Å²) in [7, 11) is 0. The zero-order valence-electron chi connectivity index (χ0n) is 15.3. The van der Waals surface area contributed by atoms with E-state index >= 15 is 0 Å². The van der Waals surface area contributed by atoms with Gasteiger partial charge in [0.2, 0.25) is 5.91 Å². The van der Waals surface area contributed by atoms with Gasteiger partial charge in [-0.25, -0.2) is 0 Å². The van der Waals surface area contributed by atoms with Crippen LogP contribution >= 0.6 is 0 Å². The highest BCUT2D eigenvalue weighted by atomic mass is 16.3. The molecule has 138 valence electrons. The summed E-state index contributed by atoms with van der Waals surface area (Å²) in [4.78, 5) is 28.8. The zero-order chi connectivity index (χ0) is 18.5. The molecular weight excluding hydrogens is 330 g/mol. The topological polar surface area (TPSA) is 65.8 Å². The second-order valence-corrected chi connectivity index (χ2v) is 6.73. The van der Waals surface area contributed by atoms with Crippen molar-refractivity contribution >= 4 is 17.5 Å². The van der Waals surface area contributed by atoms with Gasteiger partial charge in [0, 0.05) is 31.9 Å². The average molecular weight is 355 g/mol. The molecule has 1 aromatic heterocycles. The molecule has 1 N–H and O–H groups in total. The third-order valence-corrected chi connectivity index (χ3v) is 4.89. The van der Waals surface area contributed by atoms with E-state index in [9.17, 15) is 9.59 Å². The monoisotopic (exact) mass is 355 g/mol. The standard InChI is InChI=1S/C20H25N3O3/c1-15-5-3-6-18(16(15)2)21-19(24)13-22-8-4-9-23(11-10-22)20(25)17-7-12-26-14-17/h3,5-7,12,14H,4,8-11,13H2,1-2H3,(H,21,24). The van der Waals surface area contributed by atoms with Crippen LogP contribution in [0.5, 0.6) is 0 Å². The van der Waals surface area contributed by atoms with Crippen LogP contribution in [-0.2, 0) is 4.79 Å². The van der Waals surface area contributed by atoms with Crippen molar-refractivity contribution in [2.45, 2.75) is 20.3 Å². The van der Waals surface area contributed by atoms with Crippen molar-refractivity contribution in [2.24, 2.45) is 0 Å². The highest BCUT2D eigenvalue weighted by Gasteiger charge is 2.22. The Hall–Kier alpha value is -2.60. The Bertz CT molecular complexity index is 771. The Labute approximate surface area is 153 Å². The van der Waals surface area contributed by atoms with Gasteiger partial charge in [-0.1, -0.05) is 12.1 Å². The van der Waals surface area contributed by atoms with Crippen LogP contribution in [0.2, 0.25) is 0 Å². The molecule has 0 aliphatic carbocycles. The van der Waals surface area contributed by atoms with Gasteiger partial charge in [-0.3, -0.25) is 14.5 Å². The molecule has 6 heteroatoms. The van der Waals surface area contributed by atoms with Crippen molar-refractivity contribution in [3.8, 4) is 0 Å². The molecule has 2 heterocycles. The van der Waals surface area contributed by atoms with E-state index in [4.69, 9.17) is 4.42 Å². The van der Waals surface area contributed by atoms with Crippen LogP contribution in [0.1, 0.15) is 27.9 Å². The summed E-state index contributed by atoms with van der Waals surface area (Å²) >= 11 is 0. The van der Waals surface area contributed by atoms with Gasteiger partial charge in [0.05, 0.1) is 18.4 Å². The fraction of sp³-hybridized carbons (Fsp3) is 0.400. The number of hydrogen-bond donors (Lipinski definition) is 1. The first-order valence-corrected chi connectivity index (χ1v) is 8.94. The second-order valence-electron chi connectivity index (χ2n) is 6.73. The summed E-state index contributed by atoms with van der Waals surface area (Å²) in [5, 5.41) is 3.00. The minimum Gasteiger partial charge on any atom is -0.472 e. The van der Waals surface area contributed by atoms with Crippen molar-refractivity contribution in [2.75, 3.05) is 38.0 Å². The number of hydrogen-bond acceptors (Lipinski definition) is 4.